The van der Waals surface area contributed by atoms with Crippen molar-refractivity contribution in [2.75, 3.05) is 0 Å². The van der Waals surface area contributed by atoms with Crippen LogP contribution in [-0.2, 0) is 11.2 Å². The van der Waals surface area contributed by atoms with E-state index in [2.05, 4.69) is 24.4 Å². The maximum atomic E-state index is 11.6. The van der Waals surface area contributed by atoms with E-state index in [1.807, 2.05) is 18.2 Å². The Hall–Kier alpha value is -1.31. The summed E-state index contributed by atoms with van der Waals surface area (Å²) < 4.78 is 0. The lowest BCUT2D eigenvalue weighted by Gasteiger charge is -2.06. The van der Waals surface area contributed by atoms with Crippen molar-refractivity contribution >= 4 is 5.91 Å². The molecule has 2 rings (SSSR count). The largest absolute Gasteiger partial charge is 0.353 e. The number of carbonyl (C=O) groups excluding carboxylic acids is 1. The van der Waals surface area contributed by atoms with Crippen LogP contribution in [0.5, 0.6) is 0 Å². The predicted molar refractivity (Wildman–Crippen MR) is 60.5 cm³/mol. The van der Waals surface area contributed by atoms with Crippen LogP contribution >= 0.6 is 0 Å². The summed E-state index contributed by atoms with van der Waals surface area (Å²) in [7, 11) is 0. The molecule has 80 valence electrons. The van der Waals surface area contributed by atoms with Gasteiger partial charge in [0.05, 0.1) is 0 Å². The molecule has 1 aromatic rings. The zero-order valence-electron chi connectivity index (χ0n) is 9.07. The topological polar surface area (TPSA) is 29.1 Å². The van der Waals surface area contributed by atoms with E-state index in [1.54, 1.807) is 0 Å². The highest BCUT2D eigenvalue weighted by Crippen LogP contribution is 2.21. The van der Waals surface area contributed by atoms with Gasteiger partial charge in [0.2, 0.25) is 5.91 Å². The Bertz CT molecular complexity index is 334. The van der Waals surface area contributed by atoms with Gasteiger partial charge in [0.1, 0.15) is 0 Å². The van der Waals surface area contributed by atoms with Crippen molar-refractivity contribution in [1.82, 2.24) is 5.32 Å². The molecule has 1 saturated heterocycles. The summed E-state index contributed by atoms with van der Waals surface area (Å²) in [4.78, 5) is 11.6. The van der Waals surface area contributed by atoms with Gasteiger partial charge < -0.3 is 5.32 Å². The van der Waals surface area contributed by atoms with Gasteiger partial charge in [-0.3, -0.25) is 4.79 Å². The summed E-state index contributed by atoms with van der Waals surface area (Å²) in [5, 5.41) is 3.03. The van der Waals surface area contributed by atoms with Crippen LogP contribution < -0.4 is 5.32 Å². The van der Waals surface area contributed by atoms with Crippen LogP contribution in [0.1, 0.15) is 25.3 Å². The normalized spacial score (nSPS) is 25.3. The molecular formula is C13H17NO. The Morgan fingerprint density at radius 1 is 1.33 bits per heavy atom. The maximum Gasteiger partial charge on any atom is 0.223 e. The van der Waals surface area contributed by atoms with Crippen LogP contribution in [0.15, 0.2) is 30.3 Å². The van der Waals surface area contributed by atoms with E-state index in [4.69, 9.17) is 0 Å². The predicted octanol–water partition coefficient (Wildman–Crippen LogP) is 2.14. The highest BCUT2D eigenvalue weighted by Gasteiger charge is 2.30. The third-order valence-electron chi connectivity index (χ3n) is 3.10. The SMILES string of the molecule is CCC1CC(Cc2ccccc2)C(=O)N1. The molecule has 2 nitrogen and oxygen atoms in total. The van der Waals surface area contributed by atoms with Crippen LogP contribution in [0.3, 0.4) is 0 Å². The third kappa shape index (κ3) is 2.38. The molecule has 1 aromatic carbocycles. The molecule has 1 aliphatic heterocycles. The standard InChI is InChI=1S/C13H17NO/c1-2-12-9-11(13(15)14-12)8-10-6-4-3-5-7-10/h3-7,11-12H,2,8-9H2,1H3,(H,14,15). The van der Waals surface area contributed by atoms with Crippen molar-refractivity contribution in [2.45, 2.75) is 32.2 Å². The van der Waals surface area contributed by atoms with Gasteiger partial charge in [0.25, 0.3) is 0 Å². The summed E-state index contributed by atoms with van der Waals surface area (Å²) in [6.07, 6.45) is 2.91. The van der Waals surface area contributed by atoms with E-state index >= 15 is 0 Å². The van der Waals surface area contributed by atoms with Gasteiger partial charge in [0, 0.05) is 12.0 Å². The van der Waals surface area contributed by atoms with Gasteiger partial charge in [0.15, 0.2) is 0 Å². The van der Waals surface area contributed by atoms with Gasteiger partial charge in [-0.05, 0) is 24.8 Å². The fourth-order valence-electron chi connectivity index (χ4n) is 2.17. The second-order valence-corrected chi connectivity index (χ2v) is 4.24. The average Bonchev–Trinajstić information content (AvgIpc) is 2.61. The van der Waals surface area contributed by atoms with Crippen LogP contribution in [0.2, 0.25) is 0 Å². The molecule has 0 saturated carbocycles. The first kappa shape index (κ1) is 10.2. The number of carbonyl (C=O) groups is 1. The smallest absolute Gasteiger partial charge is 0.223 e. The molecule has 1 N–H and O–H groups in total. The Kier molecular flexibility index (Phi) is 3.05. The van der Waals surface area contributed by atoms with Crippen molar-refractivity contribution in [3.05, 3.63) is 35.9 Å². The molecule has 2 atom stereocenters. The summed E-state index contributed by atoms with van der Waals surface area (Å²) >= 11 is 0. The summed E-state index contributed by atoms with van der Waals surface area (Å²) in [6.45, 7) is 2.12. The van der Waals surface area contributed by atoms with Gasteiger partial charge in [-0.25, -0.2) is 0 Å². The monoisotopic (exact) mass is 203 g/mol. The van der Waals surface area contributed by atoms with Gasteiger partial charge >= 0.3 is 0 Å². The fourth-order valence-corrected chi connectivity index (χ4v) is 2.17. The van der Waals surface area contributed by atoms with Crippen molar-refractivity contribution in [3.63, 3.8) is 0 Å². The van der Waals surface area contributed by atoms with Crippen LogP contribution in [0, 0.1) is 5.92 Å². The van der Waals surface area contributed by atoms with Gasteiger partial charge in [-0.2, -0.15) is 0 Å². The zero-order valence-corrected chi connectivity index (χ0v) is 9.07. The summed E-state index contributed by atoms with van der Waals surface area (Å²) in [5.74, 6) is 0.406. The van der Waals surface area contributed by atoms with E-state index in [1.165, 1.54) is 5.56 Å². The maximum absolute atomic E-state index is 11.6. The number of amides is 1. The molecule has 0 spiro atoms. The lowest BCUT2D eigenvalue weighted by molar-refractivity contribution is -0.122. The molecular weight excluding hydrogens is 186 g/mol. The first-order valence-electron chi connectivity index (χ1n) is 5.64. The van der Waals surface area contributed by atoms with E-state index in [0.29, 0.717) is 6.04 Å². The quantitative estimate of drug-likeness (QED) is 0.801. The number of rotatable bonds is 3. The number of hydrogen-bond donors (Lipinski definition) is 1. The van der Waals surface area contributed by atoms with E-state index in [-0.39, 0.29) is 11.8 Å². The zero-order chi connectivity index (χ0) is 10.7. The van der Waals surface area contributed by atoms with Gasteiger partial charge in [-0.1, -0.05) is 37.3 Å². The van der Waals surface area contributed by atoms with E-state index < -0.39 is 0 Å². The number of nitrogens with one attached hydrogen (secondary N) is 1. The first-order valence-corrected chi connectivity index (χ1v) is 5.64. The number of hydrogen-bond acceptors (Lipinski definition) is 1. The molecule has 1 heterocycles. The second kappa shape index (κ2) is 4.47. The summed E-state index contributed by atoms with van der Waals surface area (Å²) in [5.41, 5.74) is 1.26. The number of benzene rings is 1. The molecule has 0 radical (unpaired) electrons. The van der Waals surface area contributed by atoms with Crippen molar-refractivity contribution in [3.8, 4) is 0 Å². The van der Waals surface area contributed by atoms with Gasteiger partial charge in [-0.15, -0.1) is 0 Å². The fraction of sp³-hybridized carbons (Fsp3) is 0.462. The van der Waals surface area contributed by atoms with Crippen molar-refractivity contribution in [1.29, 1.82) is 0 Å². The van der Waals surface area contributed by atoms with Crippen LogP contribution in [0.25, 0.3) is 0 Å². The molecule has 15 heavy (non-hydrogen) atoms. The van der Waals surface area contributed by atoms with Crippen LogP contribution in [-0.4, -0.2) is 11.9 Å². The van der Waals surface area contributed by atoms with Crippen LogP contribution in [0.4, 0.5) is 0 Å². The Labute approximate surface area is 90.7 Å². The minimum absolute atomic E-state index is 0.178. The average molecular weight is 203 g/mol. The molecule has 0 aromatic heterocycles. The summed E-state index contributed by atoms with van der Waals surface area (Å²) in [6, 6.07) is 10.6. The minimum atomic E-state index is 0.178. The van der Waals surface area contributed by atoms with E-state index in [0.717, 1.165) is 19.3 Å². The Morgan fingerprint density at radius 3 is 2.67 bits per heavy atom. The molecule has 0 bridgehead atoms. The lowest BCUT2D eigenvalue weighted by atomic mass is 9.96. The third-order valence-corrected chi connectivity index (χ3v) is 3.10. The molecule has 2 heteroatoms. The lowest BCUT2D eigenvalue weighted by Crippen LogP contribution is -2.25. The Morgan fingerprint density at radius 2 is 2.07 bits per heavy atom. The first-order chi connectivity index (χ1) is 7.29. The molecule has 2 unspecified atom stereocenters. The second-order valence-electron chi connectivity index (χ2n) is 4.24. The highest BCUT2D eigenvalue weighted by atomic mass is 16.2. The molecule has 1 amide bonds. The van der Waals surface area contributed by atoms with E-state index in [9.17, 15) is 4.79 Å². The van der Waals surface area contributed by atoms with Crippen molar-refractivity contribution < 1.29 is 4.79 Å². The molecule has 1 aliphatic rings. The van der Waals surface area contributed by atoms with Crippen molar-refractivity contribution in [2.24, 2.45) is 5.92 Å². The Balaban J connectivity index is 1.99. The highest BCUT2D eigenvalue weighted by molar-refractivity contribution is 5.81. The minimum Gasteiger partial charge on any atom is -0.353 e. The molecule has 1 fully saturated rings. The molecule has 0 aliphatic carbocycles.